The highest BCUT2D eigenvalue weighted by Crippen LogP contribution is 2.36. The lowest BCUT2D eigenvalue weighted by atomic mass is 9.95. The SMILES string of the molecule is Cc1cc(N2CC3CNCC3C2C)ccc1C(N)=O. The molecule has 2 fully saturated rings. The number of rotatable bonds is 2. The zero-order chi connectivity index (χ0) is 13.6. The Morgan fingerprint density at radius 1 is 1.42 bits per heavy atom. The third-order valence-corrected chi connectivity index (χ3v) is 4.74. The molecule has 2 heterocycles. The molecule has 3 rings (SSSR count). The van der Waals surface area contributed by atoms with Gasteiger partial charge in [-0.05, 0) is 49.4 Å². The average Bonchev–Trinajstić information content (AvgIpc) is 2.92. The highest BCUT2D eigenvalue weighted by Gasteiger charge is 2.41. The Morgan fingerprint density at radius 3 is 2.84 bits per heavy atom. The fourth-order valence-electron chi connectivity index (χ4n) is 3.61. The zero-order valence-electron chi connectivity index (χ0n) is 11.5. The minimum absolute atomic E-state index is 0.348. The van der Waals surface area contributed by atoms with Gasteiger partial charge in [0.2, 0.25) is 5.91 Å². The summed E-state index contributed by atoms with van der Waals surface area (Å²) < 4.78 is 0. The molecule has 0 spiro atoms. The minimum atomic E-state index is -0.348. The maximum Gasteiger partial charge on any atom is 0.248 e. The Hall–Kier alpha value is -1.55. The van der Waals surface area contributed by atoms with Gasteiger partial charge in [-0.25, -0.2) is 0 Å². The first-order valence-corrected chi connectivity index (χ1v) is 6.95. The van der Waals surface area contributed by atoms with Crippen molar-refractivity contribution in [3.8, 4) is 0 Å². The van der Waals surface area contributed by atoms with Crippen LogP contribution < -0.4 is 16.0 Å². The number of hydrogen-bond acceptors (Lipinski definition) is 3. The van der Waals surface area contributed by atoms with Gasteiger partial charge in [-0.15, -0.1) is 0 Å². The Labute approximate surface area is 114 Å². The number of nitrogens with zero attached hydrogens (tertiary/aromatic N) is 1. The van der Waals surface area contributed by atoms with Gasteiger partial charge in [-0.3, -0.25) is 4.79 Å². The van der Waals surface area contributed by atoms with Crippen LogP contribution in [0.1, 0.15) is 22.8 Å². The second-order valence-corrected chi connectivity index (χ2v) is 5.84. The molecule has 0 bridgehead atoms. The Morgan fingerprint density at radius 2 is 2.21 bits per heavy atom. The third-order valence-electron chi connectivity index (χ3n) is 4.74. The van der Waals surface area contributed by atoms with Gasteiger partial charge in [-0.1, -0.05) is 0 Å². The number of primary amides is 1. The van der Waals surface area contributed by atoms with Crippen molar-refractivity contribution in [1.29, 1.82) is 0 Å². The van der Waals surface area contributed by atoms with Crippen molar-refractivity contribution in [1.82, 2.24) is 5.32 Å². The Bertz CT molecular complexity index is 514. The summed E-state index contributed by atoms with van der Waals surface area (Å²) in [7, 11) is 0. The van der Waals surface area contributed by atoms with E-state index in [9.17, 15) is 4.79 Å². The highest BCUT2D eigenvalue weighted by molar-refractivity contribution is 5.94. The van der Waals surface area contributed by atoms with Gasteiger partial charge < -0.3 is 16.0 Å². The summed E-state index contributed by atoms with van der Waals surface area (Å²) in [5, 5.41) is 3.47. The lowest BCUT2D eigenvalue weighted by Gasteiger charge is -2.27. The van der Waals surface area contributed by atoms with E-state index in [0.717, 1.165) is 37.0 Å². The number of aryl methyl sites for hydroxylation is 1. The lowest BCUT2D eigenvalue weighted by Crippen LogP contribution is -2.33. The molecule has 0 radical (unpaired) electrons. The van der Waals surface area contributed by atoms with Crippen molar-refractivity contribution in [2.45, 2.75) is 19.9 Å². The Kier molecular flexibility index (Phi) is 2.97. The molecule has 1 aromatic rings. The van der Waals surface area contributed by atoms with Gasteiger partial charge in [0, 0.05) is 36.9 Å². The fourth-order valence-corrected chi connectivity index (χ4v) is 3.61. The van der Waals surface area contributed by atoms with Crippen LogP contribution in [0.3, 0.4) is 0 Å². The van der Waals surface area contributed by atoms with E-state index in [1.165, 1.54) is 5.69 Å². The van der Waals surface area contributed by atoms with Gasteiger partial charge in [0.05, 0.1) is 0 Å². The first-order valence-electron chi connectivity index (χ1n) is 6.95. The monoisotopic (exact) mass is 259 g/mol. The second kappa shape index (κ2) is 4.53. The van der Waals surface area contributed by atoms with E-state index < -0.39 is 0 Å². The van der Waals surface area contributed by atoms with E-state index in [2.05, 4.69) is 23.2 Å². The first kappa shape index (κ1) is 12.5. The summed E-state index contributed by atoms with van der Waals surface area (Å²) in [6.07, 6.45) is 0. The van der Waals surface area contributed by atoms with Crippen LogP contribution in [0.25, 0.3) is 0 Å². The van der Waals surface area contributed by atoms with Gasteiger partial charge in [-0.2, -0.15) is 0 Å². The second-order valence-electron chi connectivity index (χ2n) is 5.84. The van der Waals surface area contributed by atoms with Crippen molar-refractivity contribution in [2.75, 3.05) is 24.5 Å². The molecular formula is C15H21N3O. The van der Waals surface area contributed by atoms with E-state index in [0.29, 0.717) is 11.6 Å². The van der Waals surface area contributed by atoms with Crippen molar-refractivity contribution in [3.63, 3.8) is 0 Å². The van der Waals surface area contributed by atoms with Gasteiger partial charge in [0.15, 0.2) is 0 Å². The maximum absolute atomic E-state index is 11.3. The van der Waals surface area contributed by atoms with E-state index in [4.69, 9.17) is 5.73 Å². The molecule has 2 aliphatic heterocycles. The first-order chi connectivity index (χ1) is 9.08. The van der Waals surface area contributed by atoms with Crippen LogP contribution in [0.5, 0.6) is 0 Å². The molecule has 3 unspecified atom stereocenters. The highest BCUT2D eigenvalue weighted by atomic mass is 16.1. The van der Waals surface area contributed by atoms with Crippen LogP contribution in [0.15, 0.2) is 18.2 Å². The minimum Gasteiger partial charge on any atom is -0.368 e. The molecule has 1 aromatic carbocycles. The van der Waals surface area contributed by atoms with Crippen LogP contribution in [0.2, 0.25) is 0 Å². The molecule has 2 aliphatic rings. The quantitative estimate of drug-likeness (QED) is 0.837. The number of anilines is 1. The molecule has 4 nitrogen and oxygen atoms in total. The van der Waals surface area contributed by atoms with Crippen molar-refractivity contribution >= 4 is 11.6 Å². The van der Waals surface area contributed by atoms with Crippen LogP contribution >= 0.6 is 0 Å². The van der Waals surface area contributed by atoms with Gasteiger partial charge >= 0.3 is 0 Å². The molecule has 102 valence electrons. The number of carbonyl (C=O) groups is 1. The van der Waals surface area contributed by atoms with Crippen LogP contribution in [-0.4, -0.2) is 31.6 Å². The average molecular weight is 259 g/mol. The number of fused-ring (bicyclic) bond motifs is 1. The summed E-state index contributed by atoms with van der Waals surface area (Å²) in [6, 6.07) is 6.52. The molecule has 3 N–H and O–H groups in total. The number of hydrogen-bond donors (Lipinski definition) is 2. The van der Waals surface area contributed by atoms with Gasteiger partial charge in [0.25, 0.3) is 0 Å². The fraction of sp³-hybridized carbons (Fsp3) is 0.533. The topological polar surface area (TPSA) is 58.4 Å². The molecule has 19 heavy (non-hydrogen) atoms. The third kappa shape index (κ3) is 2.00. The zero-order valence-corrected chi connectivity index (χ0v) is 11.5. The normalized spacial score (nSPS) is 29.6. The maximum atomic E-state index is 11.3. The molecule has 0 aromatic heterocycles. The number of amides is 1. The van der Waals surface area contributed by atoms with E-state index in [1.54, 1.807) is 0 Å². The number of carbonyl (C=O) groups excluding carboxylic acids is 1. The summed E-state index contributed by atoms with van der Waals surface area (Å²) >= 11 is 0. The molecule has 4 heteroatoms. The van der Waals surface area contributed by atoms with Crippen LogP contribution in [-0.2, 0) is 0 Å². The lowest BCUT2D eigenvalue weighted by molar-refractivity contribution is 0.1000. The summed E-state index contributed by atoms with van der Waals surface area (Å²) in [4.78, 5) is 13.7. The molecule has 0 saturated carbocycles. The largest absolute Gasteiger partial charge is 0.368 e. The van der Waals surface area contributed by atoms with E-state index in [1.807, 2.05) is 19.1 Å². The predicted octanol–water partition coefficient (Wildman–Crippen LogP) is 1.14. The van der Waals surface area contributed by atoms with Gasteiger partial charge in [0.1, 0.15) is 0 Å². The summed E-state index contributed by atoms with van der Waals surface area (Å²) in [5.74, 6) is 1.15. The molecule has 0 aliphatic carbocycles. The molecule has 2 saturated heterocycles. The molecule has 1 amide bonds. The smallest absolute Gasteiger partial charge is 0.248 e. The Balaban J connectivity index is 1.87. The van der Waals surface area contributed by atoms with E-state index >= 15 is 0 Å². The summed E-state index contributed by atoms with van der Waals surface area (Å²) in [6.45, 7) is 7.61. The van der Waals surface area contributed by atoms with Crippen LogP contribution in [0.4, 0.5) is 5.69 Å². The number of benzene rings is 1. The molecular weight excluding hydrogens is 238 g/mol. The van der Waals surface area contributed by atoms with Crippen molar-refractivity contribution < 1.29 is 4.79 Å². The van der Waals surface area contributed by atoms with Crippen molar-refractivity contribution in [3.05, 3.63) is 29.3 Å². The summed E-state index contributed by atoms with van der Waals surface area (Å²) in [5.41, 5.74) is 8.16. The van der Waals surface area contributed by atoms with E-state index in [-0.39, 0.29) is 5.91 Å². The predicted molar refractivity (Wildman–Crippen MR) is 76.4 cm³/mol. The van der Waals surface area contributed by atoms with Crippen molar-refractivity contribution in [2.24, 2.45) is 17.6 Å². The van der Waals surface area contributed by atoms with Crippen LogP contribution in [0, 0.1) is 18.8 Å². The molecule has 3 atom stereocenters. The standard InChI is InChI=1S/C15H21N3O/c1-9-5-12(3-4-13(9)15(16)19)18-8-11-6-17-7-14(11)10(18)2/h3-5,10-11,14,17H,6-8H2,1-2H3,(H2,16,19). The number of nitrogens with one attached hydrogen (secondary N) is 1. The number of nitrogens with two attached hydrogens (primary N) is 1.